The SMILES string of the molecule is CC(C[C@H](NS(=N)(=O)c1ccc(C#Cc2ccc(F)cc2)s1)C(=O)O)Nc1ccccc1N. The van der Waals surface area contributed by atoms with Gasteiger partial charge in [0.1, 0.15) is 26.0 Å². The quantitative estimate of drug-likeness (QED) is 0.242. The largest absolute Gasteiger partial charge is 0.480 e. The van der Waals surface area contributed by atoms with E-state index in [9.17, 15) is 18.5 Å². The summed E-state index contributed by atoms with van der Waals surface area (Å²) in [5.74, 6) is 4.19. The Labute approximate surface area is 196 Å². The molecule has 0 amide bonds. The van der Waals surface area contributed by atoms with Gasteiger partial charge in [-0.15, -0.1) is 11.3 Å². The summed E-state index contributed by atoms with van der Waals surface area (Å²) in [7, 11) is -3.58. The number of nitrogens with one attached hydrogen (secondary N) is 3. The van der Waals surface area contributed by atoms with Gasteiger partial charge in [-0.1, -0.05) is 24.0 Å². The van der Waals surface area contributed by atoms with Crippen LogP contribution in [-0.4, -0.2) is 27.4 Å². The lowest BCUT2D eigenvalue weighted by Crippen LogP contribution is -2.43. The van der Waals surface area contributed by atoms with E-state index in [-0.39, 0.29) is 22.5 Å². The number of carbonyl (C=O) groups is 1. The molecule has 33 heavy (non-hydrogen) atoms. The molecule has 2 aromatic carbocycles. The molecule has 3 atom stereocenters. The number of rotatable bonds is 8. The first kappa shape index (κ1) is 24.3. The van der Waals surface area contributed by atoms with Gasteiger partial charge in [0.2, 0.25) is 0 Å². The van der Waals surface area contributed by atoms with Crippen molar-refractivity contribution in [3.8, 4) is 11.8 Å². The Morgan fingerprint density at radius 3 is 2.55 bits per heavy atom. The van der Waals surface area contributed by atoms with Crippen molar-refractivity contribution < 1.29 is 18.5 Å². The number of aliphatic carboxylic acids is 1. The summed E-state index contributed by atoms with van der Waals surface area (Å²) < 4.78 is 36.9. The zero-order valence-corrected chi connectivity index (χ0v) is 19.3. The van der Waals surface area contributed by atoms with Crippen LogP contribution in [0.2, 0.25) is 0 Å². The highest BCUT2D eigenvalue weighted by atomic mass is 32.2. The Bertz CT molecular complexity index is 1290. The van der Waals surface area contributed by atoms with Gasteiger partial charge in [-0.3, -0.25) is 4.79 Å². The first-order chi connectivity index (χ1) is 15.6. The van der Waals surface area contributed by atoms with E-state index in [1.165, 1.54) is 18.2 Å². The molecule has 0 radical (unpaired) electrons. The smallest absolute Gasteiger partial charge is 0.321 e. The number of nitrogen functional groups attached to an aromatic ring is 1. The maximum Gasteiger partial charge on any atom is 0.321 e. The van der Waals surface area contributed by atoms with Crippen LogP contribution in [0.15, 0.2) is 64.9 Å². The van der Waals surface area contributed by atoms with Gasteiger partial charge in [0.15, 0.2) is 0 Å². The number of hydrogen-bond donors (Lipinski definition) is 5. The third-order valence-corrected chi connectivity index (χ3v) is 7.67. The maximum absolute atomic E-state index is 13.0. The molecule has 172 valence electrons. The van der Waals surface area contributed by atoms with E-state index in [2.05, 4.69) is 21.9 Å². The Morgan fingerprint density at radius 1 is 1.18 bits per heavy atom. The fraction of sp³-hybridized carbons (Fsp3) is 0.174. The van der Waals surface area contributed by atoms with Crippen LogP contribution in [0.5, 0.6) is 0 Å². The van der Waals surface area contributed by atoms with E-state index in [1.54, 1.807) is 43.3 Å². The third-order valence-electron chi connectivity index (χ3n) is 4.60. The number of benzene rings is 2. The molecule has 0 saturated carbocycles. The molecule has 3 aromatic rings. The van der Waals surface area contributed by atoms with Crippen molar-refractivity contribution in [2.75, 3.05) is 11.1 Å². The molecule has 1 aromatic heterocycles. The molecule has 1 heterocycles. The maximum atomic E-state index is 13.0. The minimum atomic E-state index is -3.58. The first-order valence-electron chi connectivity index (χ1n) is 9.91. The molecular formula is C23H23FN4O3S2. The van der Waals surface area contributed by atoms with Crippen LogP contribution in [-0.2, 0) is 14.7 Å². The van der Waals surface area contributed by atoms with E-state index in [0.717, 1.165) is 11.3 Å². The number of thiophene rings is 1. The van der Waals surface area contributed by atoms with Crippen molar-refractivity contribution in [2.45, 2.75) is 29.6 Å². The van der Waals surface area contributed by atoms with Gasteiger partial charge < -0.3 is 16.2 Å². The highest BCUT2D eigenvalue weighted by molar-refractivity contribution is 7.92. The number of carboxylic acid groups (broad SMARTS) is 1. The van der Waals surface area contributed by atoms with Crippen LogP contribution < -0.4 is 15.8 Å². The Kier molecular flexibility index (Phi) is 7.71. The van der Waals surface area contributed by atoms with Crippen LogP contribution in [0.3, 0.4) is 0 Å². The molecule has 7 nitrogen and oxygen atoms in total. The molecule has 2 unspecified atom stereocenters. The van der Waals surface area contributed by atoms with Crippen molar-refractivity contribution in [1.82, 2.24) is 4.72 Å². The average Bonchev–Trinajstić information content (AvgIpc) is 3.24. The molecule has 6 N–H and O–H groups in total. The van der Waals surface area contributed by atoms with Crippen LogP contribution in [0.1, 0.15) is 23.8 Å². The van der Waals surface area contributed by atoms with Gasteiger partial charge in [0.05, 0.1) is 16.3 Å². The minimum absolute atomic E-state index is 0.0716. The average molecular weight is 487 g/mol. The molecular weight excluding hydrogens is 463 g/mol. The summed E-state index contributed by atoms with van der Waals surface area (Å²) in [5, 5.41) is 12.8. The number of nitrogens with two attached hydrogens (primary N) is 1. The van der Waals surface area contributed by atoms with E-state index in [1.807, 2.05) is 6.07 Å². The first-order valence-corrected chi connectivity index (χ1v) is 12.3. The summed E-state index contributed by atoms with van der Waals surface area (Å²) in [6.07, 6.45) is 0.0716. The summed E-state index contributed by atoms with van der Waals surface area (Å²) in [6, 6.07) is 14.4. The van der Waals surface area contributed by atoms with E-state index >= 15 is 0 Å². The van der Waals surface area contributed by atoms with E-state index in [4.69, 9.17) is 10.5 Å². The van der Waals surface area contributed by atoms with Crippen molar-refractivity contribution in [2.24, 2.45) is 0 Å². The molecule has 0 fully saturated rings. The van der Waals surface area contributed by atoms with Crippen LogP contribution in [0.25, 0.3) is 0 Å². The number of carboxylic acids is 1. The Hall–Kier alpha value is -3.39. The Balaban J connectivity index is 1.69. The zero-order valence-electron chi connectivity index (χ0n) is 17.7. The second kappa shape index (κ2) is 10.5. The third kappa shape index (κ3) is 6.79. The van der Waals surface area contributed by atoms with Crippen molar-refractivity contribution in [3.63, 3.8) is 0 Å². The summed E-state index contributed by atoms with van der Waals surface area (Å²) in [4.78, 5) is 12.3. The van der Waals surface area contributed by atoms with Crippen LogP contribution >= 0.6 is 11.3 Å². The number of anilines is 2. The van der Waals surface area contributed by atoms with Crippen molar-refractivity contribution >= 4 is 38.6 Å². The Morgan fingerprint density at radius 2 is 1.88 bits per heavy atom. The highest BCUT2D eigenvalue weighted by Crippen LogP contribution is 2.23. The predicted octanol–water partition coefficient (Wildman–Crippen LogP) is 4.12. The van der Waals surface area contributed by atoms with Gasteiger partial charge in [0.25, 0.3) is 0 Å². The normalized spacial score (nSPS) is 14.4. The lowest BCUT2D eigenvalue weighted by atomic mass is 10.1. The number of halogens is 1. The van der Waals surface area contributed by atoms with Gasteiger partial charge in [-0.25, -0.2) is 18.1 Å². The molecule has 0 aliphatic carbocycles. The molecule has 3 rings (SSSR count). The predicted molar refractivity (Wildman–Crippen MR) is 129 cm³/mol. The second-order valence-corrected chi connectivity index (χ2v) is 10.4. The monoisotopic (exact) mass is 486 g/mol. The molecule has 10 heteroatoms. The zero-order chi connectivity index (χ0) is 24.0. The fourth-order valence-corrected chi connectivity index (χ4v) is 5.42. The number of hydrogen-bond acceptors (Lipinski definition) is 6. The molecule has 0 bridgehead atoms. The van der Waals surface area contributed by atoms with Gasteiger partial charge in [0, 0.05) is 11.6 Å². The van der Waals surface area contributed by atoms with Crippen molar-refractivity contribution in [3.05, 3.63) is 76.9 Å². The summed E-state index contributed by atoms with van der Waals surface area (Å²) in [5.41, 5.74) is 7.72. The topological polar surface area (TPSA) is 128 Å². The molecule has 0 spiro atoms. The lowest BCUT2D eigenvalue weighted by molar-refractivity contribution is -0.139. The van der Waals surface area contributed by atoms with E-state index < -0.39 is 21.9 Å². The second-order valence-electron chi connectivity index (χ2n) is 7.31. The standard InChI is InChI=1S/C23H23FN4O3S2/c1-15(27-20-5-3-2-4-19(20)25)14-21(23(29)30)28-33(26,31)22-13-12-18(32-22)11-8-16-6-9-17(24)10-7-16/h2-7,9-10,12-13,15,21,27H,14,25H2,1H3,(H,29,30)(H2,26,28,31)/t15?,21-,33?/m0/s1. The molecule has 0 aliphatic heterocycles. The van der Waals surface area contributed by atoms with Gasteiger partial charge >= 0.3 is 5.97 Å². The highest BCUT2D eigenvalue weighted by Gasteiger charge is 2.26. The lowest BCUT2D eigenvalue weighted by Gasteiger charge is -2.22. The molecule has 0 aliphatic rings. The van der Waals surface area contributed by atoms with Gasteiger partial charge in [-0.2, -0.15) is 0 Å². The minimum Gasteiger partial charge on any atom is -0.480 e. The molecule has 0 saturated heterocycles. The van der Waals surface area contributed by atoms with Crippen molar-refractivity contribution in [1.29, 1.82) is 4.78 Å². The van der Waals surface area contributed by atoms with Crippen LogP contribution in [0.4, 0.5) is 15.8 Å². The van der Waals surface area contributed by atoms with Gasteiger partial charge in [-0.05, 0) is 61.9 Å². The summed E-state index contributed by atoms with van der Waals surface area (Å²) >= 11 is 1.04. The number of para-hydroxylation sites is 2. The van der Waals surface area contributed by atoms with E-state index in [0.29, 0.717) is 21.8 Å². The van der Waals surface area contributed by atoms with Crippen LogP contribution in [0, 0.1) is 22.4 Å². The fourth-order valence-electron chi connectivity index (χ4n) is 2.97. The summed E-state index contributed by atoms with van der Waals surface area (Å²) in [6.45, 7) is 1.78.